The van der Waals surface area contributed by atoms with Crippen LogP contribution in [0.25, 0.3) is 24.3 Å². The van der Waals surface area contributed by atoms with Gasteiger partial charge >= 0.3 is 0 Å². The molecular weight excluding hydrogens is 1660 g/mol. The molecule has 0 heterocycles. The van der Waals surface area contributed by atoms with Crippen molar-refractivity contribution in [1.82, 2.24) is 0 Å². The number of hydrogen-bond acceptors (Lipinski definition) is 6. The monoisotopic (exact) mass is 1890 g/mol. The quantitative estimate of drug-likeness (QED) is 0.0415. The number of rotatable bonds is 94. The summed E-state index contributed by atoms with van der Waals surface area (Å²) in [6.07, 6.45) is 85.3. The molecule has 0 aliphatic heterocycles. The summed E-state index contributed by atoms with van der Waals surface area (Å²) >= 11 is 0. The Morgan fingerprint density at radius 2 is 0.316 bits per heavy atom. The van der Waals surface area contributed by atoms with Gasteiger partial charge in [0.1, 0.15) is 34.5 Å². The summed E-state index contributed by atoms with van der Waals surface area (Å²) < 4.78 is 45.1. The van der Waals surface area contributed by atoms with Gasteiger partial charge in [0.15, 0.2) is 0 Å². The molecule has 790 valence electrons. The maximum atomic E-state index is 7.59. The molecule has 6 heteroatoms. The lowest BCUT2D eigenvalue weighted by Gasteiger charge is -2.24. The van der Waals surface area contributed by atoms with Gasteiger partial charge in [0, 0.05) is 24.3 Å². The van der Waals surface area contributed by atoms with Crippen LogP contribution in [0, 0.1) is 107 Å². The number of unbranched alkanes of at least 4 members (excludes halogenated alkanes) is 6. The minimum Gasteiger partial charge on any atom is -0.493 e. The van der Waals surface area contributed by atoms with Crippen LogP contribution in [0.4, 0.5) is 0 Å². The van der Waals surface area contributed by atoms with Crippen LogP contribution in [0.15, 0.2) is 48.5 Å². The highest BCUT2D eigenvalue weighted by molar-refractivity contribution is 5.79. The fourth-order valence-corrected chi connectivity index (χ4v) is 22.7. The smallest absolute Gasteiger partial charge is 0.133 e. The van der Waals surface area contributed by atoms with Gasteiger partial charge in [-0.25, -0.2) is 0 Å². The lowest BCUT2D eigenvalue weighted by molar-refractivity contribution is 0.199. The summed E-state index contributed by atoms with van der Waals surface area (Å²) in [5.41, 5.74) is 4.37. The molecule has 0 radical (unpaired) electrons. The van der Waals surface area contributed by atoms with E-state index < -0.39 is 0 Å². The first-order valence-electron chi connectivity index (χ1n) is 60.5. The van der Waals surface area contributed by atoms with Crippen LogP contribution in [-0.2, 0) is 0 Å². The van der Waals surface area contributed by atoms with E-state index in [4.69, 9.17) is 28.4 Å². The zero-order valence-corrected chi connectivity index (χ0v) is 95.4. The van der Waals surface area contributed by atoms with Crippen LogP contribution in [0.2, 0.25) is 0 Å². The van der Waals surface area contributed by atoms with Crippen molar-refractivity contribution < 1.29 is 28.4 Å². The molecule has 0 aliphatic carbocycles. The molecule has 0 aliphatic rings. The largest absolute Gasteiger partial charge is 0.493 e. The molecule has 18 unspecified atom stereocenters. The molecule has 3 rings (SSSR count). The Labute approximate surface area is 850 Å². The second-order valence-corrected chi connectivity index (χ2v) is 47.0. The third kappa shape index (κ3) is 62.5. The summed E-state index contributed by atoms with van der Waals surface area (Å²) in [7, 11) is 0. The molecule has 0 spiro atoms. The minimum atomic E-state index is 0.462. The van der Waals surface area contributed by atoms with Crippen molar-refractivity contribution in [3.8, 4) is 34.5 Å². The third-order valence-electron chi connectivity index (χ3n) is 32.0. The molecular formula is C130H234O6. The highest BCUT2D eigenvalue weighted by atomic mass is 16.5. The van der Waals surface area contributed by atoms with Crippen molar-refractivity contribution in [3.05, 3.63) is 70.8 Å². The second kappa shape index (κ2) is 82.3. The molecule has 0 N–H and O–H groups in total. The van der Waals surface area contributed by atoms with Crippen molar-refractivity contribution in [2.24, 2.45) is 107 Å². The van der Waals surface area contributed by atoms with E-state index in [-0.39, 0.29) is 0 Å². The molecule has 136 heavy (non-hydrogen) atoms. The van der Waals surface area contributed by atoms with Crippen molar-refractivity contribution in [3.63, 3.8) is 0 Å². The zero-order valence-electron chi connectivity index (χ0n) is 95.4. The summed E-state index contributed by atoms with van der Waals surface area (Å²) in [5.74, 6) is 17.2. The highest BCUT2D eigenvalue weighted by Gasteiger charge is 2.26. The first-order valence-corrected chi connectivity index (χ1v) is 60.5. The average Bonchev–Trinajstić information content (AvgIpc) is 0.818. The Kier molecular flexibility index (Phi) is 76.3. The van der Waals surface area contributed by atoms with Gasteiger partial charge < -0.3 is 28.4 Å². The molecule has 0 saturated carbocycles. The summed E-state index contributed by atoms with van der Waals surface area (Å²) in [4.78, 5) is 0. The Hall–Kier alpha value is -4.06. The van der Waals surface area contributed by atoms with Crippen molar-refractivity contribution in [2.75, 3.05) is 39.6 Å². The van der Waals surface area contributed by atoms with E-state index in [1.165, 1.54) is 385 Å². The Bertz CT molecular complexity index is 2910. The lowest BCUT2D eigenvalue weighted by atomic mass is 9.90. The van der Waals surface area contributed by atoms with Crippen LogP contribution in [-0.4, -0.2) is 39.6 Å². The van der Waals surface area contributed by atoms with Gasteiger partial charge in [-0.2, -0.15) is 0 Å². The maximum Gasteiger partial charge on any atom is 0.133 e. The fourth-order valence-electron chi connectivity index (χ4n) is 22.7. The van der Waals surface area contributed by atoms with Crippen molar-refractivity contribution >= 4 is 24.3 Å². The van der Waals surface area contributed by atoms with Gasteiger partial charge in [-0.15, -0.1) is 0 Å². The van der Waals surface area contributed by atoms with Gasteiger partial charge in [0.05, 0.1) is 50.8 Å². The second-order valence-electron chi connectivity index (χ2n) is 47.0. The van der Waals surface area contributed by atoms with E-state index in [2.05, 4.69) is 239 Å². The molecule has 0 aromatic heterocycles. The molecule has 3 aromatic carbocycles. The van der Waals surface area contributed by atoms with Crippen molar-refractivity contribution in [1.29, 1.82) is 0 Å². The van der Waals surface area contributed by atoms with Gasteiger partial charge in [-0.1, -0.05) is 511 Å². The average molecular weight is 1890 g/mol. The number of benzene rings is 3. The standard InChI is InChI=1S/C130H234O6/c1-25-49-103(13)61-37-43-67-117(79-73-109(19)55-31-7)97-131-123-93-127(133-99-119(81-75-111(21)57-33-9)69-45-39-63-105(15)51-27-3)125(128(94-123)134-100-120(82-76-112(22)58-34-10)70-46-40-64-106(16)52-28-4)91-89-115-85-87-116(88-86-115)90-92-126-129(135-101-121(83-77-113(23)59-35-11)71-47-41-65-107(17)53-29-5)95-124(132-98-118(80-74-110(20)56-32-8)68-44-38-62-104(14)50-26-2)96-130(126)136-102-122(84-78-114(24)60-36-12)72-48-42-66-108(18)54-30-6/h85-96,103-114,117-122H,25-84,97-102H2,1-24H3/b91-89+,92-90+. The van der Waals surface area contributed by atoms with E-state index in [0.29, 0.717) is 85.6 Å². The Morgan fingerprint density at radius 1 is 0.169 bits per heavy atom. The van der Waals surface area contributed by atoms with Gasteiger partial charge in [0.25, 0.3) is 0 Å². The van der Waals surface area contributed by atoms with E-state index in [1.807, 2.05) is 0 Å². The summed E-state index contributed by atoms with van der Waals surface area (Å²) in [6, 6.07) is 18.5. The maximum absolute atomic E-state index is 7.59. The normalized spacial score (nSPS) is 16.1. The minimum absolute atomic E-state index is 0.462. The van der Waals surface area contributed by atoms with Crippen molar-refractivity contribution in [2.45, 2.75) is 551 Å². The third-order valence-corrected chi connectivity index (χ3v) is 32.0. The van der Waals surface area contributed by atoms with Crippen LogP contribution < -0.4 is 28.4 Å². The van der Waals surface area contributed by atoms with Crippen LogP contribution >= 0.6 is 0 Å². The van der Waals surface area contributed by atoms with Crippen LogP contribution in [0.1, 0.15) is 574 Å². The molecule has 18 atom stereocenters. The number of ether oxygens (including phenoxy) is 6. The first-order chi connectivity index (χ1) is 65.9. The molecule has 0 bridgehead atoms. The van der Waals surface area contributed by atoms with E-state index in [1.54, 1.807) is 0 Å². The lowest BCUT2D eigenvalue weighted by Crippen LogP contribution is -2.17. The van der Waals surface area contributed by atoms with E-state index >= 15 is 0 Å². The molecule has 0 fully saturated rings. The Balaban J connectivity index is 2.56. The van der Waals surface area contributed by atoms with Crippen LogP contribution in [0.3, 0.4) is 0 Å². The molecule has 3 aromatic rings. The van der Waals surface area contributed by atoms with Gasteiger partial charge in [-0.3, -0.25) is 0 Å². The molecule has 6 nitrogen and oxygen atoms in total. The number of hydrogen-bond donors (Lipinski definition) is 0. The van der Waals surface area contributed by atoms with Gasteiger partial charge in [0.2, 0.25) is 0 Å². The van der Waals surface area contributed by atoms with E-state index in [9.17, 15) is 0 Å². The van der Waals surface area contributed by atoms with E-state index in [0.717, 1.165) is 117 Å². The van der Waals surface area contributed by atoms with Gasteiger partial charge in [-0.05, 0) is 207 Å². The SMILES string of the molecule is CCCC(C)CCCCC(CCC(C)CCC)COc1cc(OCC(CCCCC(C)CCC)CCC(C)CCC)c(/C=C/c2ccc(/C=C/c3c(OCC(CCCCC(C)CCC)CCC(C)CCC)cc(OCC(CCCCC(C)CCC)CCC(C)CCC)cc3OCC(CCCCC(C)CCC)CCC(C)CCC)cc2)c(OCC(CCCCC(C)CCC)CCC(C)CCC)c1. The predicted molar refractivity (Wildman–Crippen MR) is 606 cm³/mol. The zero-order chi connectivity index (χ0) is 99.6. The summed E-state index contributed by atoms with van der Waals surface area (Å²) in [5, 5.41) is 0. The van der Waals surface area contributed by atoms with Crippen LogP contribution in [0.5, 0.6) is 34.5 Å². The summed E-state index contributed by atoms with van der Waals surface area (Å²) in [6.45, 7) is 62.2. The Morgan fingerprint density at radius 3 is 0.478 bits per heavy atom. The predicted octanol–water partition coefficient (Wildman–Crippen LogP) is 43.3. The highest BCUT2D eigenvalue weighted by Crippen LogP contribution is 2.43. The molecule has 0 saturated heterocycles. The fraction of sp³-hybridized carbons (Fsp3) is 0.831. The molecule has 0 amide bonds. The topological polar surface area (TPSA) is 55.4 Å². The first kappa shape index (κ1) is 126.